The summed E-state index contributed by atoms with van der Waals surface area (Å²) in [5.74, 6) is -0.289. The molecule has 3 unspecified atom stereocenters. The second-order valence-electron chi connectivity index (χ2n) is 9.68. The Morgan fingerprint density at radius 1 is 1.13 bits per heavy atom. The summed E-state index contributed by atoms with van der Waals surface area (Å²) < 4.78 is 0. The molecule has 1 saturated carbocycles. The Hall–Kier alpha value is -2.41. The van der Waals surface area contributed by atoms with Gasteiger partial charge in [-0.15, -0.1) is 0 Å². The zero-order chi connectivity index (χ0) is 21.6. The lowest BCUT2D eigenvalue weighted by Crippen LogP contribution is -2.64. The van der Waals surface area contributed by atoms with Crippen molar-refractivity contribution in [2.24, 2.45) is 0 Å². The normalized spacial score (nSPS) is 31.0. The highest BCUT2D eigenvalue weighted by atomic mass is 16.2. The van der Waals surface area contributed by atoms with Gasteiger partial charge in [-0.1, -0.05) is 18.6 Å². The molecule has 7 nitrogen and oxygen atoms in total. The monoisotopic (exact) mass is 424 g/mol. The third-order valence-electron chi connectivity index (χ3n) is 7.72. The summed E-state index contributed by atoms with van der Waals surface area (Å²) in [4.78, 5) is 44.9. The van der Waals surface area contributed by atoms with Gasteiger partial charge in [0.25, 0.3) is 5.91 Å². The maximum Gasteiger partial charge on any atom is 0.258 e. The number of carbonyl (C=O) groups is 3. The summed E-state index contributed by atoms with van der Waals surface area (Å²) >= 11 is 0. The van der Waals surface area contributed by atoms with E-state index in [0.717, 1.165) is 19.3 Å². The molecule has 3 amide bonds. The molecule has 7 heteroatoms. The van der Waals surface area contributed by atoms with E-state index in [1.54, 1.807) is 21.9 Å². The highest BCUT2D eigenvalue weighted by molar-refractivity contribution is 6.11. The van der Waals surface area contributed by atoms with Crippen LogP contribution in [0.1, 0.15) is 68.6 Å². The van der Waals surface area contributed by atoms with Gasteiger partial charge in [0.15, 0.2) is 0 Å². The molecule has 0 radical (unpaired) electrons. The molecule has 166 valence electrons. The average Bonchev–Trinajstić information content (AvgIpc) is 3.36. The number of nitrogens with zero attached hydrogens (tertiary/aromatic N) is 3. The van der Waals surface area contributed by atoms with E-state index in [9.17, 15) is 14.4 Å². The summed E-state index contributed by atoms with van der Waals surface area (Å²) in [7, 11) is 0. The van der Waals surface area contributed by atoms with Crippen molar-refractivity contribution in [3.05, 3.63) is 29.8 Å². The molecule has 1 N–H and O–H groups in total. The smallest absolute Gasteiger partial charge is 0.258 e. The predicted molar refractivity (Wildman–Crippen MR) is 118 cm³/mol. The fourth-order valence-corrected chi connectivity index (χ4v) is 6.06. The van der Waals surface area contributed by atoms with Crippen LogP contribution in [0.2, 0.25) is 0 Å². The van der Waals surface area contributed by atoms with Gasteiger partial charge in [-0.3, -0.25) is 19.3 Å². The Labute approximate surface area is 183 Å². The van der Waals surface area contributed by atoms with Gasteiger partial charge >= 0.3 is 0 Å². The van der Waals surface area contributed by atoms with Crippen molar-refractivity contribution in [2.45, 2.75) is 76.0 Å². The van der Waals surface area contributed by atoms with Gasteiger partial charge in [-0.05, 0) is 70.7 Å². The summed E-state index contributed by atoms with van der Waals surface area (Å²) in [6.07, 6.45) is 7.92. The van der Waals surface area contributed by atoms with E-state index in [4.69, 9.17) is 0 Å². The van der Waals surface area contributed by atoms with Crippen LogP contribution in [0.5, 0.6) is 0 Å². The Kier molecular flexibility index (Phi) is 5.24. The molecule has 1 aromatic rings. The standard InChI is InChI=1S/C24H32N4O3/c1-24-12-11-22(30)28(24)20-8-4-3-7-19(20)23(31)27(24)16-21(29)25-17-9-10-18(15-17)26-13-5-2-6-14-26/h3-4,7-8,17-18H,2,5-6,9-16H2,1H3,(H,25,29). The molecule has 3 aliphatic heterocycles. The topological polar surface area (TPSA) is 73.0 Å². The molecular formula is C24H32N4O3. The third-order valence-corrected chi connectivity index (χ3v) is 7.72. The molecule has 1 aliphatic carbocycles. The van der Waals surface area contributed by atoms with E-state index >= 15 is 0 Å². The van der Waals surface area contributed by atoms with Crippen LogP contribution < -0.4 is 10.2 Å². The number of likely N-dealkylation sites (tertiary alicyclic amines) is 1. The molecule has 4 aliphatic rings. The van der Waals surface area contributed by atoms with Crippen LogP contribution in [0, 0.1) is 0 Å². The number of hydrogen-bond acceptors (Lipinski definition) is 4. The van der Waals surface area contributed by atoms with Crippen LogP contribution >= 0.6 is 0 Å². The first-order valence-electron chi connectivity index (χ1n) is 11.7. The largest absolute Gasteiger partial charge is 0.352 e. The highest BCUT2D eigenvalue weighted by Crippen LogP contribution is 2.43. The Morgan fingerprint density at radius 2 is 1.90 bits per heavy atom. The number of fused-ring (bicyclic) bond motifs is 3. The van der Waals surface area contributed by atoms with Crippen molar-refractivity contribution in [1.82, 2.24) is 15.1 Å². The van der Waals surface area contributed by atoms with E-state index in [1.165, 1.54) is 32.4 Å². The van der Waals surface area contributed by atoms with Gasteiger partial charge in [0.05, 0.1) is 11.3 Å². The highest BCUT2D eigenvalue weighted by Gasteiger charge is 2.53. The van der Waals surface area contributed by atoms with E-state index in [-0.39, 0.29) is 30.3 Å². The van der Waals surface area contributed by atoms with Crippen molar-refractivity contribution >= 4 is 23.4 Å². The number of para-hydroxylation sites is 1. The van der Waals surface area contributed by atoms with Crippen LogP contribution in [0.4, 0.5) is 5.69 Å². The quantitative estimate of drug-likeness (QED) is 0.806. The summed E-state index contributed by atoms with van der Waals surface area (Å²) in [5.41, 5.74) is 0.370. The molecule has 2 saturated heterocycles. The van der Waals surface area contributed by atoms with Crippen molar-refractivity contribution in [2.75, 3.05) is 24.5 Å². The molecule has 5 rings (SSSR count). The Balaban J connectivity index is 1.28. The van der Waals surface area contributed by atoms with Gasteiger partial charge in [-0.2, -0.15) is 0 Å². The molecular weight excluding hydrogens is 392 g/mol. The summed E-state index contributed by atoms with van der Waals surface area (Å²) in [6, 6.07) is 7.95. The maximum absolute atomic E-state index is 13.3. The lowest BCUT2D eigenvalue weighted by atomic mass is 9.98. The molecule has 0 spiro atoms. The Bertz CT molecular complexity index is 897. The number of rotatable bonds is 4. The third kappa shape index (κ3) is 3.53. The SMILES string of the molecule is CC12CCC(=O)N1c1ccccc1C(=O)N2CC(=O)NC1CCC(N2CCCCC2)C1. The van der Waals surface area contributed by atoms with Crippen LogP contribution in [0.25, 0.3) is 0 Å². The summed E-state index contributed by atoms with van der Waals surface area (Å²) in [6.45, 7) is 4.24. The second kappa shape index (κ2) is 7.93. The number of benzene rings is 1. The predicted octanol–water partition coefficient (Wildman–Crippen LogP) is 2.51. The number of carbonyl (C=O) groups excluding carboxylic acids is 3. The summed E-state index contributed by atoms with van der Waals surface area (Å²) in [5, 5.41) is 3.19. The number of amides is 3. The number of anilines is 1. The van der Waals surface area contributed by atoms with E-state index in [0.29, 0.717) is 30.1 Å². The van der Waals surface area contributed by atoms with E-state index in [2.05, 4.69) is 10.2 Å². The zero-order valence-corrected chi connectivity index (χ0v) is 18.3. The first kappa shape index (κ1) is 20.5. The van der Waals surface area contributed by atoms with Crippen molar-refractivity contribution in [3.63, 3.8) is 0 Å². The van der Waals surface area contributed by atoms with Crippen molar-refractivity contribution in [3.8, 4) is 0 Å². The fourth-order valence-electron chi connectivity index (χ4n) is 6.06. The minimum Gasteiger partial charge on any atom is -0.352 e. The maximum atomic E-state index is 13.3. The second-order valence-corrected chi connectivity index (χ2v) is 9.68. The Morgan fingerprint density at radius 3 is 2.71 bits per heavy atom. The first-order valence-corrected chi connectivity index (χ1v) is 11.7. The number of hydrogen-bond donors (Lipinski definition) is 1. The molecule has 0 bridgehead atoms. The van der Waals surface area contributed by atoms with Crippen LogP contribution in [-0.2, 0) is 9.59 Å². The zero-order valence-electron chi connectivity index (χ0n) is 18.3. The minimum absolute atomic E-state index is 0.00743. The van der Waals surface area contributed by atoms with Gasteiger partial charge in [-0.25, -0.2) is 0 Å². The lowest BCUT2D eigenvalue weighted by molar-refractivity contribution is -0.124. The molecule has 31 heavy (non-hydrogen) atoms. The van der Waals surface area contributed by atoms with E-state index < -0.39 is 5.66 Å². The van der Waals surface area contributed by atoms with Gasteiger partial charge in [0.2, 0.25) is 11.8 Å². The van der Waals surface area contributed by atoms with Crippen molar-refractivity contribution < 1.29 is 14.4 Å². The molecule has 0 aromatic heterocycles. The van der Waals surface area contributed by atoms with Gasteiger partial charge < -0.3 is 15.1 Å². The average molecular weight is 425 g/mol. The number of piperidine rings is 1. The van der Waals surface area contributed by atoms with Gasteiger partial charge in [0.1, 0.15) is 12.2 Å². The molecule has 3 heterocycles. The van der Waals surface area contributed by atoms with Gasteiger partial charge in [0, 0.05) is 18.5 Å². The minimum atomic E-state index is -0.786. The molecule has 1 aromatic carbocycles. The lowest BCUT2D eigenvalue weighted by Gasteiger charge is -2.48. The molecule has 3 atom stereocenters. The molecule has 3 fully saturated rings. The van der Waals surface area contributed by atoms with E-state index in [1.807, 2.05) is 19.1 Å². The van der Waals surface area contributed by atoms with Crippen LogP contribution in [0.15, 0.2) is 24.3 Å². The number of nitrogens with one attached hydrogen (secondary N) is 1. The van der Waals surface area contributed by atoms with Crippen LogP contribution in [0.3, 0.4) is 0 Å². The van der Waals surface area contributed by atoms with Crippen LogP contribution in [-0.4, -0.2) is 64.9 Å². The fraction of sp³-hybridized carbons (Fsp3) is 0.625. The first-order chi connectivity index (χ1) is 15.0. The van der Waals surface area contributed by atoms with Crippen molar-refractivity contribution in [1.29, 1.82) is 0 Å².